The van der Waals surface area contributed by atoms with Crippen molar-refractivity contribution in [1.29, 1.82) is 0 Å². The van der Waals surface area contributed by atoms with Crippen LogP contribution in [-0.2, 0) is 16.5 Å². The van der Waals surface area contributed by atoms with Gasteiger partial charge in [0.25, 0.3) is 0 Å². The van der Waals surface area contributed by atoms with E-state index in [4.69, 9.17) is 4.74 Å². The highest BCUT2D eigenvalue weighted by Crippen LogP contribution is 2.26. The molecule has 0 fully saturated rings. The number of methoxy groups -OCH3 is 1. The van der Waals surface area contributed by atoms with Gasteiger partial charge in [-0.3, -0.25) is 20.0 Å². The van der Waals surface area contributed by atoms with Crippen LogP contribution >= 0.6 is 0 Å². The molecule has 0 aliphatic carbocycles. The van der Waals surface area contributed by atoms with E-state index in [0.717, 1.165) is 0 Å². The lowest BCUT2D eigenvalue weighted by Crippen LogP contribution is -2.20. The van der Waals surface area contributed by atoms with Crippen LogP contribution in [0.15, 0.2) is 42.6 Å². The van der Waals surface area contributed by atoms with Crippen molar-refractivity contribution in [3.05, 3.63) is 54.0 Å². The van der Waals surface area contributed by atoms with Gasteiger partial charge in [0.05, 0.1) is 31.4 Å². The number of hydrogen-bond acceptors (Lipinski definition) is 7. The molecule has 1 aromatic carbocycles. The number of carbonyl (C=O) groups excluding carboxylic acids is 2. The van der Waals surface area contributed by atoms with E-state index in [1.807, 2.05) is 0 Å². The second kappa shape index (κ2) is 10.3. The molecule has 2 aromatic heterocycles. The van der Waals surface area contributed by atoms with Crippen molar-refractivity contribution in [3.63, 3.8) is 0 Å². The van der Waals surface area contributed by atoms with Gasteiger partial charge in [0, 0.05) is 13.5 Å². The molecule has 32 heavy (non-hydrogen) atoms. The molecule has 3 aromatic rings. The minimum Gasteiger partial charge on any atom is -0.453 e. The summed E-state index contributed by atoms with van der Waals surface area (Å²) >= 11 is 0. The van der Waals surface area contributed by atoms with Gasteiger partial charge in [-0.25, -0.2) is 18.7 Å². The van der Waals surface area contributed by atoms with Crippen molar-refractivity contribution in [3.8, 4) is 11.4 Å². The van der Waals surface area contributed by atoms with E-state index >= 15 is 0 Å². The number of alkyl halides is 1. The van der Waals surface area contributed by atoms with E-state index in [1.54, 1.807) is 25.2 Å². The Bertz CT molecular complexity index is 1090. The number of rotatable bonds is 7. The van der Waals surface area contributed by atoms with E-state index in [9.17, 15) is 18.4 Å². The van der Waals surface area contributed by atoms with Gasteiger partial charge in [0.15, 0.2) is 11.5 Å². The monoisotopic (exact) mass is 446 g/mol. The molecule has 0 aliphatic heterocycles. The van der Waals surface area contributed by atoms with Gasteiger partial charge in [0.1, 0.15) is 11.9 Å². The van der Waals surface area contributed by atoms with E-state index in [0.29, 0.717) is 16.9 Å². The Labute approximate surface area is 181 Å². The molecular formula is C20H20F2N6O4. The Morgan fingerprint density at radius 3 is 2.66 bits per heavy atom. The zero-order chi connectivity index (χ0) is 23.1. The number of pyridine rings is 1. The summed E-state index contributed by atoms with van der Waals surface area (Å²) in [5, 5.41) is 12.8. The number of halogens is 2. The average molecular weight is 446 g/mol. The second-order valence-electron chi connectivity index (χ2n) is 6.51. The molecular weight excluding hydrogens is 426 g/mol. The molecule has 0 aliphatic rings. The van der Waals surface area contributed by atoms with Crippen LogP contribution in [0.4, 0.5) is 29.9 Å². The quantitative estimate of drug-likeness (QED) is 0.566. The lowest BCUT2D eigenvalue weighted by Gasteiger charge is -2.17. The molecule has 2 amide bonds. The predicted molar refractivity (Wildman–Crippen MR) is 110 cm³/mol. The van der Waals surface area contributed by atoms with Gasteiger partial charge in [-0.15, -0.1) is 5.10 Å². The fraction of sp³-hybridized carbons (Fsp3) is 0.250. The maximum Gasteiger partial charge on any atom is 0.413 e. The number of aryl methyl sites for hydroxylation is 1. The smallest absolute Gasteiger partial charge is 0.413 e. The molecule has 10 nitrogen and oxygen atoms in total. The van der Waals surface area contributed by atoms with Gasteiger partial charge in [-0.2, -0.15) is 0 Å². The van der Waals surface area contributed by atoms with E-state index < -0.39 is 30.8 Å². The number of nitrogens with one attached hydrogen (secondary N) is 2. The van der Waals surface area contributed by atoms with Crippen LogP contribution in [0.5, 0.6) is 0 Å². The molecule has 2 N–H and O–H groups in total. The van der Waals surface area contributed by atoms with Crippen LogP contribution in [0.1, 0.15) is 18.1 Å². The summed E-state index contributed by atoms with van der Waals surface area (Å²) in [7, 11) is 2.78. The first-order valence-corrected chi connectivity index (χ1v) is 9.41. The summed E-state index contributed by atoms with van der Waals surface area (Å²) in [5.74, 6) is -0.348. The van der Waals surface area contributed by atoms with E-state index in [1.165, 1.54) is 36.2 Å². The molecule has 0 unspecified atom stereocenters. The molecule has 0 bridgehead atoms. The minimum absolute atomic E-state index is 0.135. The fourth-order valence-corrected chi connectivity index (χ4v) is 2.80. The van der Waals surface area contributed by atoms with Crippen LogP contribution in [-0.4, -0.2) is 45.9 Å². The maximum absolute atomic E-state index is 13.5. The summed E-state index contributed by atoms with van der Waals surface area (Å²) in [6.45, 7) is -0.761. The molecule has 168 valence electrons. The standard InChI is InChI=1S/C20H20F2N6O4/c1-28-18(17(26-27-28)15-7-6-14(11-23-15)24-19(29)31-2)25-20(30)32-16(8-9-21)12-4-3-5-13(22)10-12/h3-7,10-11,16H,8-9H2,1-2H3,(H,24,29)(H,25,30)/t16-/m1/s1. The summed E-state index contributed by atoms with van der Waals surface area (Å²) in [5.41, 5.74) is 1.32. The summed E-state index contributed by atoms with van der Waals surface area (Å²) in [4.78, 5) is 28.0. The van der Waals surface area contributed by atoms with Crippen molar-refractivity contribution in [2.24, 2.45) is 7.05 Å². The van der Waals surface area contributed by atoms with Crippen LogP contribution in [0.3, 0.4) is 0 Å². The number of carbonyl (C=O) groups is 2. The number of ether oxygens (including phenoxy) is 2. The lowest BCUT2D eigenvalue weighted by molar-refractivity contribution is 0.100. The Morgan fingerprint density at radius 2 is 2.00 bits per heavy atom. The first kappa shape index (κ1) is 22.6. The van der Waals surface area contributed by atoms with Gasteiger partial charge in [0.2, 0.25) is 0 Å². The highest BCUT2D eigenvalue weighted by atomic mass is 19.1. The van der Waals surface area contributed by atoms with Crippen molar-refractivity contribution >= 4 is 23.7 Å². The zero-order valence-electron chi connectivity index (χ0n) is 17.2. The summed E-state index contributed by atoms with van der Waals surface area (Å²) in [6.07, 6.45) is -1.29. The van der Waals surface area contributed by atoms with E-state index in [-0.39, 0.29) is 17.9 Å². The maximum atomic E-state index is 13.5. The van der Waals surface area contributed by atoms with Crippen molar-refractivity contribution in [2.75, 3.05) is 24.4 Å². The average Bonchev–Trinajstić information content (AvgIpc) is 3.14. The van der Waals surface area contributed by atoms with Crippen LogP contribution < -0.4 is 10.6 Å². The summed E-state index contributed by atoms with van der Waals surface area (Å²) < 4.78 is 37.6. The molecule has 1 atom stereocenters. The molecule has 0 saturated heterocycles. The lowest BCUT2D eigenvalue weighted by atomic mass is 10.1. The Kier molecular flexibility index (Phi) is 7.26. The molecule has 3 rings (SSSR count). The van der Waals surface area contributed by atoms with Crippen LogP contribution in [0.25, 0.3) is 11.4 Å². The molecule has 12 heteroatoms. The number of nitrogens with zero attached hydrogens (tertiary/aromatic N) is 4. The highest BCUT2D eigenvalue weighted by Gasteiger charge is 2.21. The Hall–Kier alpha value is -4.09. The van der Waals surface area contributed by atoms with Crippen molar-refractivity contribution < 1.29 is 27.8 Å². The van der Waals surface area contributed by atoms with Gasteiger partial charge in [-0.05, 0) is 29.8 Å². The van der Waals surface area contributed by atoms with Crippen molar-refractivity contribution in [1.82, 2.24) is 20.0 Å². The minimum atomic E-state index is -0.984. The third-order valence-electron chi connectivity index (χ3n) is 4.33. The zero-order valence-corrected chi connectivity index (χ0v) is 17.2. The number of amides is 2. The van der Waals surface area contributed by atoms with Gasteiger partial charge in [-0.1, -0.05) is 17.3 Å². The van der Waals surface area contributed by atoms with E-state index in [2.05, 4.69) is 30.7 Å². The van der Waals surface area contributed by atoms with Gasteiger partial charge < -0.3 is 9.47 Å². The fourth-order valence-electron chi connectivity index (χ4n) is 2.80. The summed E-state index contributed by atoms with van der Waals surface area (Å²) in [6, 6.07) is 8.54. The van der Waals surface area contributed by atoms with Crippen LogP contribution in [0.2, 0.25) is 0 Å². The third kappa shape index (κ3) is 5.53. The number of benzene rings is 1. The predicted octanol–water partition coefficient (Wildman–Crippen LogP) is 3.84. The topological polar surface area (TPSA) is 120 Å². The number of hydrogen-bond donors (Lipinski definition) is 2. The number of aromatic nitrogens is 4. The molecule has 2 heterocycles. The largest absolute Gasteiger partial charge is 0.453 e. The Morgan fingerprint density at radius 1 is 1.19 bits per heavy atom. The highest BCUT2D eigenvalue weighted by molar-refractivity contribution is 5.88. The molecule has 0 spiro atoms. The molecule has 0 radical (unpaired) electrons. The van der Waals surface area contributed by atoms with Crippen molar-refractivity contribution in [2.45, 2.75) is 12.5 Å². The number of anilines is 2. The first-order chi connectivity index (χ1) is 15.4. The normalized spacial score (nSPS) is 11.5. The SMILES string of the molecule is COC(=O)Nc1ccc(-c2nnn(C)c2NC(=O)O[C@H](CCF)c2cccc(F)c2)nc1. The van der Waals surface area contributed by atoms with Gasteiger partial charge >= 0.3 is 12.2 Å². The van der Waals surface area contributed by atoms with Crippen LogP contribution in [0, 0.1) is 5.82 Å². The second-order valence-corrected chi connectivity index (χ2v) is 6.51. The molecule has 0 saturated carbocycles. The third-order valence-corrected chi connectivity index (χ3v) is 4.33. The Balaban J connectivity index is 1.75. The first-order valence-electron chi connectivity index (χ1n) is 9.41.